The van der Waals surface area contributed by atoms with Gasteiger partial charge >= 0.3 is 5.97 Å². The van der Waals surface area contributed by atoms with Gasteiger partial charge in [0.25, 0.3) is 5.91 Å². The summed E-state index contributed by atoms with van der Waals surface area (Å²) in [5.74, 6) is -1.61. The lowest BCUT2D eigenvalue weighted by atomic mass is 10.0. The summed E-state index contributed by atoms with van der Waals surface area (Å²) in [5, 5.41) is 12.6. The molecule has 0 spiro atoms. The van der Waals surface area contributed by atoms with Crippen LogP contribution in [-0.2, 0) is 11.2 Å². The number of aromatic nitrogens is 1. The molecule has 2 N–H and O–H groups in total. The first-order chi connectivity index (χ1) is 9.08. The largest absolute Gasteiger partial charge is 0.481 e. The molecule has 0 aliphatic rings. The van der Waals surface area contributed by atoms with E-state index >= 15 is 0 Å². The Balaban J connectivity index is 2.51. The Hall–Kier alpha value is -1.43. The molecule has 1 heterocycles. The van der Waals surface area contributed by atoms with Gasteiger partial charge in [-0.05, 0) is 19.3 Å². The molecule has 1 aromatic rings. The molecule has 1 aromatic heterocycles. The molecular weight excluding hydrogens is 264 g/mol. The number of nitrogens with zero attached hydrogens (tertiary/aromatic N) is 1. The van der Waals surface area contributed by atoms with Crippen LogP contribution in [-0.4, -0.2) is 28.5 Å². The lowest BCUT2D eigenvalue weighted by Gasteiger charge is -2.11. The maximum Gasteiger partial charge on any atom is 0.308 e. The highest BCUT2D eigenvalue weighted by atomic mass is 32.1. The van der Waals surface area contributed by atoms with E-state index in [0.717, 1.165) is 24.3 Å². The van der Waals surface area contributed by atoms with Crippen LogP contribution in [0.3, 0.4) is 0 Å². The number of carbonyl (C=O) groups is 2. The fraction of sp³-hybridized carbons (Fsp3) is 0.615. The highest BCUT2D eigenvalue weighted by molar-refractivity contribution is 7.13. The van der Waals surface area contributed by atoms with Crippen LogP contribution in [0.5, 0.6) is 0 Å². The number of rotatable bonds is 8. The Morgan fingerprint density at radius 2 is 2.16 bits per heavy atom. The molecule has 0 bridgehead atoms. The maximum atomic E-state index is 11.9. The number of aliphatic carboxylic acids is 1. The normalized spacial score (nSPS) is 12.1. The summed E-state index contributed by atoms with van der Waals surface area (Å²) in [6.07, 6.45) is 4.77. The number of thiazole rings is 1. The summed E-state index contributed by atoms with van der Waals surface area (Å²) in [6.45, 7) is 4.16. The Morgan fingerprint density at radius 1 is 1.42 bits per heavy atom. The zero-order chi connectivity index (χ0) is 14.3. The van der Waals surface area contributed by atoms with Gasteiger partial charge in [-0.2, -0.15) is 0 Å². The highest BCUT2D eigenvalue weighted by Crippen LogP contribution is 2.14. The van der Waals surface area contributed by atoms with Crippen LogP contribution < -0.4 is 5.32 Å². The maximum absolute atomic E-state index is 11.9. The molecule has 19 heavy (non-hydrogen) atoms. The number of carboxylic acids is 1. The second kappa shape index (κ2) is 7.89. The van der Waals surface area contributed by atoms with Crippen LogP contribution in [0.2, 0.25) is 0 Å². The monoisotopic (exact) mass is 284 g/mol. The second-order valence-corrected chi connectivity index (χ2v) is 5.52. The molecule has 0 radical (unpaired) electrons. The molecule has 1 unspecified atom stereocenters. The van der Waals surface area contributed by atoms with Gasteiger partial charge in [0.2, 0.25) is 0 Å². The van der Waals surface area contributed by atoms with Crippen LogP contribution in [0.25, 0.3) is 0 Å². The molecule has 1 amide bonds. The van der Waals surface area contributed by atoms with Gasteiger partial charge < -0.3 is 10.4 Å². The summed E-state index contributed by atoms with van der Waals surface area (Å²) in [7, 11) is 0. The molecule has 0 fully saturated rings. The summed E-state index contributed by atoms with van der Waals surface area (Å²) >= 11 is 1.37. The summed E-state index contributed by atoms with van der Waals surface area (Å²) in [6, 6.07) is 0. The van der Waals surface area contributed by atoms with Crippen molar-refractivity contribution in [2.75, 3.05) is 6.54 Å². The van der Waals surface area contributed by atoms with Crippen molar-refractivity contribution in [2.24, 2.45) is 5.92 Å². The summed E-state index contributed by atoms with van der Waals surface area (Å²) in [5.41, 5.74) is 0. The molecule has 0 saturated carbocycles. The van der Waals surface area contributed by atoms with E-state index in [1.807, 2.05) is 6.92 Å². The standard InChI is InChI=1S/C13H20N2O3S/c1-3-5-9(13(17)18)7-15-12(16)10-8-14-11(19-10)6-4-2/h8-9H,3-7H2,1-2H3,(H,15,16)(H,17,18). The van der Waals surface area contributed by atoms with Gasteiger partial charge in [0.1, 0.15) is 4.88 Å². The van der Waals surface area contributed by atoms with E-state index in [1.165, 1.54) is 11.3 Å². The lowest BCUT2D eigenvalue weighted by molar-refractivity contribution is -0.141. The van der Waals surface area contributed by atoms with Gasteiger partial charge in [0, 0.05) is 6.54 Å². The van der Waals surface area contributed by atoms with E-state index in [-0.39, 0.29) is 12.5 Å². The van der Waals surface area contributed by atoms with Crippen molar-refractivity contribution in [3.05, 3.63) is 16.1 Å². The zero-order valence-corrected chi connectivity index (χ0v) is 12.1. The van der Waals surface area contributed by atoms with Crippen molar-refractivity contribution in [2.45, 2.75) is 39.5 Å². The van der Waals surface area contributed by atoms with Gasteiger partial charge in [-0.3, -0.25) is 9.59 Å². The average Bonchev–Trinajstić information content (AvgIpc) is 2.83. The van der Waals surface area contributed by atoms with E-state index in [0.29, 0.717) is 11.3 Å². The number of aryl methyl sites for hydroxylation is 1. The van der Waals surface area contributed by atoms with Crippen molar-refractivity contribution in [1.29, 1.82) is 0 Å². The fourth-order valence-corrected chi connectivity index (χ4v) is 2.64. The predicted octanol–water partition coefficient (Wildman–Crippen LogP) is 2.33. The summed E-state index contributed by atoms with van der Waals surface area (Å²) < 4.78 is 0. The molecule has 0 aliphatic carbocycles. The predicted molar refractivity (Wildman–Crippen MR) is 74.5 cm³/mol. The van der Waals surface area contributed by atoms with E-state index in [1.54, 1.807) is 6.20 Å². The molecular formula is C13H20N2O3S. The molecule has 5 nitrogen and oxygen atoms in total. The number of nitrogens with one attached hydrogen (secondary N) is 1. The molecule has 6 heteroatoms. The van der Waals surface area contributed by atoms with Gasteiger partial charge in [-0.1, -0.05) is 20.3 Å². The Kier molecular flexibility index (Phi) is 6.49. The van der Waals surface area contributed by atoms with E-state index < -0.39 is 11.9 Å². The molecule has 0 saturated heterocycles. The first kappa shape index (κ1) is 15.6. The lowest BCUT2D eigenvalue weighted by Crippen LogP contribution is -2.32. The third-order valence-corrected chi connectivity index (χ3v) is 3.79. The SMILES string of the molecule is CCCc1ncc(C(=O)NCC(CCC)C(=O)O)s1. The third kappa shape index (κ3) is 4.98. The van der Waals surface area contributed by atoms with Gasteiger partial charge in [0.15, 0.2) is 0 Å². The molecule has 106 valence electrons. The van der Waals surface area contributed by atoms with Crippen molar-refractivity contribution < 1.29 is 14.7 Å². The molecule has 0 aliphatic heterocycles. The summed E-state index contributed by atoms with van der Waals surface area (Å²) in [4.78, 5) is 27.5. The van der Waals surface area contributed by atoms with Gasteiger partial charge in [-0.25, -0.2) is 4.98 Å². The van der Waals surface area contributed by atoms with Gasteiger partial charge in [0.05, 0.1) is 17.1 Å². The van der Waals surface area contributed by atoms with Crippen molar-refractivity contribution in [3.63, 3.8) is 0 Å². The number of carboxylic acid groups (broad SMARTS) is 1. The third-order valence-electron chi connectivity index (χ3n) is 2.74. The van der Waals surface area contributed by atoms with Crippen LogP contribution in [0.1, 0.15) is 47.8 Å². The minimum absolute atomic E-state index is 0.170. The quantitative estimate of drug-likeness (QED) is 0.768. The number of hydrogen-bond acceptors (Lipinski definition) is 4. The molecule has 1 atom stereocenters. The van der Waals surface area contributed by atoms with Crippen LogP contribution in [0.15, 0.2) is 6.20 Å². The minimum atomic E-state index is -0.863. The van der Waals surface area contributed by atoms with E-state index in [9.17, 15) is 9.59 Å². The Morgan fingerprint density at radius 3 is 2.74 bits per heavy atom. The average molecular weight is 284 g/mol. The smallest absolute Gasteiger partial charge is 0.308 e. The van der Waals surface area contributed by atoms with E-state index in [2.05, 4.69) is 17.2 Å². The Bertz CT molecular complexity index is 431. The van der Waals surface area contributed by atoms with Crippen molar-refractivity contribution in [3.8, 4) is 0 Å². The van der Waals surface area contributed by atoms with Crippen LogP contribution in [0.4, 0.5) is 0 Å². The first-order valence-corrected chi connectivity index (χ1v) is 7.35. The van der Waals surface area contributed by atoms with Crippen molar-refractivity contribution >= 4 is 23.2 Å². The number of carbonyl (C=O) groups excluding carboxylic acids is 1. The van der Waals surface area contributed by atoms with Crippen molar-refractivity contribution in [1.82, 2.24) is 10.3 Å². The van der Waals surface area contributed by atoms with E-state index in [4.69, 9.17) is 5.11 Å². The number of hydrogen-bond donors (Lipinski definition) is 2. The fourth-order valence-electron chi connectivity index (χ4n) is 1.71. The Labute approximate surface area is 117 Å². The zero-order valence-electron chi connectivity index (χ0n) is 11.3. The number of amides is 1. The van der Waals surface area contributed by atoms with Crippen LogP contribution in [0, 0.1) is 5.92 Å². The molecule has 0 aromatic carbocycles. The van der Waals surface area contributed by atoms with Crippen LogP contribution >= 0.6 is 11.3 Å². The second-order valence-electron chi connectivity index (χ2n) is 4.40. The minimum Gasteiger partial charge on any atom is -0.481 e. The topological polar surface area (TPSA) is 79.3 Å². The molecule has 1 rings (SSSR count). The first-order valence-electron chi connectivity index (χ1n) is 6.54. The van der Waals surface area contributed by atoms with Gasteiger partial charge in [-0.15, -0.1) is 11.3 Å². The highest BCUT2D eigenvalue weighted by Gasteiger charge is 2.18.